The number of aryl methyl sites for hydroxylation is 3. The van der Waals surface area contributed by atoms with Crippen molar-refractivity contribution in [3.05, 3.63) is 83.3 Å². The summed E-state index contributed by atoms with van der Waals surface area (Å²) in [6.07, 6.45) is 6.01. The summed E-state index contributed by atoms with van der Waals surface area (Å²) in [6, 6.07) is 14.3. The van der Waals surface area contributed by atoms with Crippen molar-refractivity contribution >= 4 is 11.8 Å². The fourth-order valence-electron chi connectivity index (χ4n) is 3.52. The average Bonchev–Trinajstić information content (AvgIpc) is 2.92. The van der Waals surface area contributed by atoms with Crippen molar-refractivity contribution < 1.29 is 14.0 Å². The van der Waals surface area contributed by atoms with Crippen LogP contribution in [0.15, 0.2) is 60.8 Å². The van der Waals surface area contributed by atoms with E-state index in [9.17, 15) is 14.0 Å². The van der Waals surface area contributed by atoms with Gasteiger partial charge in [0.05, 0.1) is 6.54 Å². The Hall–Kier alpha value is -3.19. The summed E-state index contributed by atoms with van der Waals surface area (Å²) in [7, 11) is 0. The van der Waals surface area contributed by atoms with E-state index in [2.05, 4.69) is 74.5 Å². The maximum Gasteiger partial charge on any atom is 0.243 e. The van der Waals surface area contributed by atoms with Gasteiger partial charge < -0.3 is 21.7 Å². The molecule has 0 saturated carbocycles. The highest BCUT2D eigenvalue weighted by Gasteiger charge is 2.18. The molecule has 1 atom stereocenters. The van der Waals surface area contributed by atoms with E-state index < -0.39 is 6.04 Å². The lowest BCUT2D eigenvalue weighted by Gasteiger charge is -2.17. The van der Waals surface area contributed by atoms with Crippen LogP contribution >= 0.6 is 0 Å². The molecule has 1 unspecified atom stereocenters. The van der Waals surface area contributed by atoms with Gasteiger partial charge in [-0.3, -0.25) is 9.59 Å². The standard InChI is InChI=1S/C23H38N4O2.C7H7F.C3H8.CH4/c1-5-18(4)26-16-22(28)27-21(15-24)23(29)25-14-8-11-19-9-6-7-10-20(19)13-12-17(2)3;1-6-3-2-4-7(8)5-6;1-3-2;/h6-7,9-10,17,21,26H,4-5,8,11-16,24H2,1-3H3,(H,25,29)(H,27,28);2-5H,1H3;3H2,1-2H3;1H4. The molecule has 7 heteroatoms. The molecule has 2 rings (SSSR count). The molecule has 0 radical (unpaired) electrons. The molecule has 6 nitrogen and oxygen atoms in total. The number of carbonyl (C=O) groups is 2. The first kappa shape index (κ1) is 40.0. The molecule has 232 valence electrons. The van der Waals surface area contributed by atoms with Gasteiger partial charge in [-0.25, -0.2) is 4.39 Å². The van der Waals surface area contributed by atoms with Gasteiger partial charge >= 0.3 is 0 Å². The van der Waals surface area contributed by atoms with Crippen molar-refractivity contribution in [2.75, 3.05) is 19.6 Å². The van der Waals surface area contributed by atoms with Crippen LogP contribution in [-0.4, -0.2) is 37.5 Å². The van der Waals surface area contributed by atoms with Gasteiger partial charge in [-0.15, -0.1) is 0 Å². The van der Waals surface area contributed by atoms with Gasteiger partial charge in [0, 0.05) is 18.8 Å². The molecular formula is C34H57FN4O2. The molecule has 0 bridgehead atoms. The first-order valence-electron chi connectivity index (χ1n) is 14.5. The van der Waals surface area contributed by atoms with Crippen molar-refractivity contribution in [2.24, 2.45) is 11.7 Å². The zero-order valence-electron chi connectivity index (χ0n) is 25.6. The molecule has 0 fully saturated rings. The smallest absolute Gasteiger partial charge is 0.243 e. The Kier molecular flexibility index (Phi) is 24.0. The Morgan fingerprint density at radius 3 is 2.07 bits per heavy atom. The zero-order valence-corrected chi connectivity index (χ0v) is 25.6. The van der Waals surface area contributed by atoms with Gasteiger partial charge in [0.15, 0.2) is 0 Å². The largest absolute Gasteiger partial charge is 0.380 e. The number of rotatable bonds is 14. The summed E-state index contributed by atoms with van der Waals surface area (Å²) in [5.41, 5.74) is 10.1. The van der Waals surface area contributed by atoms with E-state index in [0.717, 1.165) is 36.9 Å². The topological polar surface area (TPSA) is 96.2 Å². The predicted molar refractivity (Wildman–Crippen MR) is 173 cm³/mol. The van der Waals surface area contributed by atoms with Crippen LogP contribution in [-0.2, 0) is 22.4 Å². The molecule has 0 aliphatic heterocycles. The Morgan fingerprint density at radius 1 is 0.976 bits per heavy atom. The van der Waals surface area contributed by atoms with Crippen molar-refractivity contribution in [3.63, 3.8) is 0 Å². The number of nitrogens with one attached hydrogen (secondary N) is 3. The summed E-state index contributed by atoms with van der Waals surface area (Å²) in [5, 5.41) is 8.46. The monoisotopic (exact) mass is 572 g/mol. The van der Waals surface area contributed by atoms with Crippen LogP contribution in [0.4, 0.5) is 4.39 Å². The Balaban J connectivity index is 0. The predicted octanol–water partition coefficient (Wildman–Crippen LogP) is 6.47. The molecule has 0 aromatic heterocycles. The lowest BCUT2D eigenvalue weighted by molar-refractivity contribution is -0.128. The second-order valence-electron chi connectivity index (χ2n) is 10.3. The Labute approximate surface area is 249 Å². The molecular weight excluding hydrogens is 515 g/mol. The number of allylic oxidation sites excluding steroid dienone is 1. The zero-order chi connectivity index (χ0) is 30.3. The highest BCUT2D eigenvalue weighted by atomic mass is 19.1. The van der Waals surface area contributed by atoms with Crippen LogP contribution in [0.25, 0.3) is 0 Å². The molecule has 41 heavy (non-hydrogen) atoms. The third kappa shape index (κ3) is 20.4. The van der Waals surface area contributed by atoms with Crippen molar-refractivity contribution in [2.45, 2.75) is 93.5 Å². The van der Waals surface area contributed by atoms with Gasteiger partial charge in [0.1, 0.15) is 11.9 Å². The molecule has 2 aromatic rings. The normalized spacial score (nSPS) is 10.6. The second kappa shape index (κ2) is 24.6. The van der Waals surface area contributed by atoms with Crippen molar-refractivity contribution in [1.82, 2.24) is 16.0 Å². The maximum absolute atomic E-state index is 12.3. The molecule has 0 saturated heterocycles. The lowest BCUT2D eigenvalue weighted by atomic mass is 9.96. The maximum atomic E-state index is 12.3. The summed E-state index contributed by atoms with van der Waals surface area (Å²) < 4.78 is 12.2. The highest BCUT2D eigenvalue weighted by Crippen LogP contribution is 2.15. The lowest BCUT2D eigenvalue weighted by Crippen LogP contribution is -2.52. The van der Waals surface area contributed by atoms with Gasteiger partial charge in [-0.05, 0) is 73.8 Å². The first-order valence-corrected chi connectivity index (χ1v) is 14.5. The minimum Gasteiger partial charge on any atom is -0.380 e. The highest BCUT2D eigenvalue weighted by molar-refractivity contribution is 5.88. The van der Waals surface area contributed by atoms with Crippen molar-refractivity contribution in [3.8, 4) is 0 Å². The van der Waals surface area contributed by atoms with E-state index in [4.69, 9.17) is 5.73 Å². The van der Waals surface area contributed by atoms with Crippen LogP contribution in [0, 0.1) is 18.7 Å². The van der Waals surface area contributed by atoms with E-state index in [-0.39, 0.29) is 38.1 Å². The quantitative estimate of drug-likeness (QED) is 0.195. The average molecular weight is 573 g/mol. The van der Waals surface area contributed by atoms with E-state index >= 15 is 0 Å². The van der Waals surface area contributed by atoms with E-state index in [1.165, 1.54) is 36.1 Å². The van der Waals surface area contributed by atoms with E-state index in [0.29, 0.717) is 12.5 Å². The summed E-state index contributed by atoms with van der Waals surface area (Å²) in [5.74, 6) is -0.00136. The summed E-state index contributed by atoms with van der Waals surface area (Å²) in [4.78, 5) is 24.3. The van der Waals surface area contributed by atoms with Crippen LogP contribution in [0.2, 0.25) is 0 Å². The molecule has 0 spiro atoms. The number of hydrogen-bond acceptors (Lipinski definition) is 4. The SMILES string of the molecule is C.C=C(CC)NCC(=O)NC(CN)C(=O)NCCCc1ccccc1CCC(C)C.CCC.Cc1cccc(F)c1. The molecule has 0 aliphatic carbocycles. The van der Waals surface area contributed by atoms with E-state index in [1.807, 2.05) is 19.9 Å². The molecule has 0 aliphatic rings. The van der Waals surface area contributed by atoms with Crippen LogP contribution in [0.3, 0.4) is 0 Å². The Bertz CT molecular complexity index is 977. The number of hydrogen-bond donors (Lipinski definition) is 4. The minimum atomic E-state index is -0.725. The first-order chi connectivity index (χ1) is 19.1. The van der Waals surface area contributed by atoms with Gasteiger partial charge in [0.25, 0.3) is 0 Å². The molecule has 2 amide bonds. The van der Waals surface area contributed by atoms with Gasteiger partial charge in [-0.1, -0.05) is 91.4 Å². The molecule has 5 N–H and O–H groups in total. The number of halogens is 1. The number of carbonyl (C=O) groups excluding carboxylic acids is 2. The van der Waals surface area contributed by atoms with Crippen molar-refractivity contribution in [1.29, 1.82) is 0 Å². The number of amides is 2. The third-order valence-corrected chi connectivity index (χ3v) is 5.82. The fraction of sp³-hybridized carbons (Fsp3) is 0.529. The summed E-state index contributed by atoms with van der Waals surface area (Å²) >= 11 is 0. The number of benzene rings is 2. The minimum absolute atomic E-state index is 0. The van der Waals surface area contributed by atoms with Gasteiger partial charge in [-0.2, -0.15) is 0 Å². The van der Waals surface area contributed by atoms with Crippen LogP contribution in [0.1, 0.15) is 84.4 Å². The number of nitrogens with two attached hydrogens (primary N) is 1. The van der Waals surface area contributed by atoms with Crippen LogP contribution in [0.5, 0.6) is 0 Å². The Morgan fingerprint density at radius 2 is 1.59 bits per heavy atom. The van der Waals surface area contributed by atoms with E-state index in [1.54, 1.807) is 6.07 Å². The molecule has 0 heterocycles. The third-order valence-electron chi connectivity index (χ3n) is 5.82. The van der Waals surface area contributed by atoms with Gasteiger partial charge in [0.2, 0.25) is 11.8 Å². The second-order valence-corrected chi connectivity index (χ2v) is 10.3. The summed E-state index contributed by atoms with van der Waals surface area (Å²) in [6.45, 7) is 17.0. The fourth-order valence-corrected chi connectivity index (χ4v) is 3.52. The van der Waals surface area contributed by atoms with Crippen LogP contribution < -0.4 is 21.7 Å². The molecule has 2 aromatic carbocycles.